The Bertz CT molecular complexity index is 632. The highest BCUT2D eigenvalue weighted by atomic mass is 35.5. The van der Waals surface area contributed by atoms with Crippen LogP contribution in [0.15, 0.2) is 36.5 Å². The van der Waals surface area contributed by atoms with Gasteiger partial charge in [-0.2, -0.15) is 13.2 Å². The van der Waals surface area contributed by atoms with E-state index in [1.54, 1.807) is 0 Å². The van der Waals surface area contributed by atoms with Gasteiger partial charge in [-0.05, 0) is 23.8 Å². The van der Waals surface area contributed by atoms with Crippen LogP contribution in [0.3, 0.4) is 0 Å². The minimum Gasteiger partial charge on any atom is -0.477 e. The van der Waals surface area contributed by atoms with Crippen molar-refractivity contribution in [2.24, 2.45) is 0 Å². The van der Waals surface area contributed by atoms with Crippen molar-refractivity contribution in [2.75, 3.05) is 0 Å². The number of hydrogen-bond acceptors (Lipinski definition) is 1. The number of carboxylic acid groups (broad SMARTS) is 1. The van der Waals surface area contributed by atoms with Gasteiger partial charge in [0.25, 0.3) is 0 Å². The normalized spacial score (nSPS) is 11.6. The molecule has 2 aromatic rings. The van der Waals surface area contributed by atoms with Crippen LogP contribution in [0.25, 0.3) is 0 Å². The SMILES string of the molecule is O=C(O)c1cc(Cl)cn1Cc1ccc(C(F)(F)F)cc1. The molecule has 20 heavy (non-hydrogen) atoms. The van der Waals surface area contributed by atoms with Gasteiger partial charge in [0.2, 0.25) is 0 Å². The number of nitrogens with zero attached hydrogens (tertiary/aromatic N) is 1. The van der Waals surface area contributed by atoms with Crippen molar-refractivity contribution in [1.29, 1.82) is 0 Å². The van der Waals surface area contributed by atoms with Gasteiger partial charge in [-0.3, -0.25) is 0 Å². The Morgan fingerprint density at radius 2 is 1.85 bits per heavy atom. The fourth-order valence-electron chi connectivity index (χ4n) is 1.78. The molecular formula is C13H9ClF3NO2. The van der Waals surface area contributed by atoms with E-state index in [-0.39, 0.29) is 17.3 Å². The molecular weight excluding hydrogens is 295 g/mol. The van der Waals surface area contributed by atoms with Gasteiger partial charge in [-0.25, -0.2) is 4.79 Å². The molecule has 2 rings (SSSR count). The lowest BCUT2D eigenvalue weighted by atomic mass is 10.1. The Kier molecular flexibility index (Phi) is 3.76. The first kappa shape index (κ1) is 14.5. The molecule has 0 spiro atoms. The maximum Gasteiger partial charge on any atom is 0.416 e. The van der Waals surface area contributed by atoms with E-state index in [2.05, 4.69) is 0 Å². The molecule has 0 aliphatic carbocycles. The average molecular weight is 304 g/mol. The molecule has 1 heterocycles. The fourth-order valence-corrected chi connectivity index (χ4v) is 2.00. The van der Waals surface area contributed by atoms with E-state index in [0.717, 1.165) is 12.1 Å². The summed E-state index contributed by atoms with van der Waals surface area (Å²) in [5.74, 6) is -1.15. The molecule has 0 fully saturated rings. The van der Waals surface area contributed by atoms with Gasteiger partial charge in [0.15, 0.2) is 0 Å². The summed E-state index contributed by atoms with van der Waals surface area (Å²) in [6, 6.07) is 5.82. The summed E-state index contributed by atoms with van der Waals surface area (Å²) in [7, 11) is 0. The zero-order valence-corrected chi connectivity index (χ0v) is 10.7. The number of hydrogen-bond donors (Lipinski definition) is 1. The Hall–Kier alpha value is -1.95. The highest BCUT2D eigenvalue weighted by Gasteiger charge is 2.29. The summed E-state index contributed by atoms with van der Waals surface area (Å²) in [4.78, 5) is 11.0. The van der Waals surface area contributed by atoms with Gasteiger partial charge in [0.05, 0.1) is 10.6 Å². The topological polar surface area (TPSA) is 42.2 Å². The van der Waals surface area contributed by atoms with Gasteiger partial charge in [-0.1, -0.05) is 23.7 Å². The number of alkyl halides is 3. The highest BCUT2D eigenvalue weighted by molar-refractivity contribution is 6.30. The second-order valence-corrected chi connectivity index (χ2v) is 4.61. The third-order valence-corrected chi connectivity index (χ3v) is 2.92. The molecule has 0 unspecified atom stereocenters. The zero-order chi connectivity index (χ0) is 14.9. The number of benzene rings is 1. The first-order chi connectivity index (χ1) is 9.27. The van der Waals surface area contributed by atoms with Crippen LogP contribution < -0.4 is 0 Å². The van der Waals surface area contributed by atoms with E-state index in [0.29, 0.717) is 5.56 Å². The van der Waals surface area contributed by atoms with Crippen molar-refractivity contribution < 1.29 is 23.1 Å². The van der Waals surface area contributed by atoms with Gasteiger partial charge in [-0.15, -0.1) is 0 Å². The smallest absolute Gasteiger partial charge is 0.416 e. The third kappa shape index (κ3) is 3.14. The third-order valence-electron chi connectivity index (χ3n) is 2.72. The van der Waals surface area contributed by atoms with E-state index >= 15 is 0 Å². The van der Waals surface area contributed by atoms with Crippen LogP contribution in [0.4, 0.5) is 13.2 Å². The molecule has 0 bridgehead atoms. The predicted octanol–water partition coefficient (Wildman–Crippen LogP) is 3.91. The second-order valence-electron chi connectivity index (χ2n) is 4.17. The van der Waals surface area contributed by atoms with Crippen LogP contribution >= 0.6 is 11.6 Å². The molecule has 3 nitrogen and oxygen atoms in total. The Labute approximate surface area is 117 Å². The Morgan fingerprint density at radius 3 is 2.35 bits per heavy atom. The first-order valence-corrected chi connectivity index (χ1v) is 5.90. The van der Waals surface area contributed by atoms with Crippen molar-refractivity contribution in [1.82, 2.24) is 4.57 Å². The molecule has 1 aromatic carbocycles. The summed E-state index contributed by atoms with van der Waals surface area (Å²) >= 11 is 5.73. The number of carboxylic acids is 1. The van der Waals surface area contributed by atoms with E-state index in [1.165, 1.54) is 29.0 Å². The molecule has 1 N–H and O–H groups in total. The van der Waals surface area contributed by atoms with Crippen LogP contribution in [0.2, 0.25) is 5.02 Å². The van der Waals surface area contributed by atoms with Crippen molar-refractivity contribution in [2.45, 2.75) is 12.7 Å². The summed E-state index contributed by atoms with van der Waals surface area (Å²) < 4.78 is 38.6. The minimum absolute atomic E-state index is 0.0186. The molecule has 0 amide bonds. The van der Waals surface area contributed by atoms with E-state index in [4.69, 9.17) is 16.7 Å². The molecule has 0 aliphatic heterocycles. The number of aromatic nitrogens is 1. The van der Waals surface area contributed by atoms with E-state index in [9.17, 15) is 18.0 Å². The van der Waals surface area contributed by atoms with Gasteiger partial charge in [0.1, 0.15) is 5.69 Å². The maximum atomic E-state index is 12.4. The maximum absolute atomic E-state index is 12.4. The quantitative estimate of drug-likeness (QED) is 0.934. The fraction of sp³-hybridized carbons (Fsp3) is 0.154. The van der Waals surface area contributed by atoms with Crippen LogP contribution in [-0.4, -0.2) is 15.6 Å². The minimum atomic E-state index is -4.39. The molecule has 0 saturated carbocycles. The van der Waals surface area contributed by atoms with Crippen LogP contribution in [0.5, 0.6) is 0 Å². The molecule has 0 aliphatic rings. The van der Waals surface area contributed by atoms with Crippen LogP contribution in [0.1, 0.15) is 21.6 Å². The lowest BCUT2D eigenvalue weighted by molar-refractivity contribution is -0.137. The standard InChI is InChI=1S/C13H9ClF3NO2/c14-10-5-11(12(19)20)18(7-10)6-8-1-3-9(4-2-8)13(15,16)17/h1-5,7H,6H2,(H,19,20). The first-order valence-electron chi connectivity index (χ1n) is 5.52. The van der Waals surface area contributed by atoms with Crippen molar-refractivity contribution in [3.8, 4) is 0 Å². The molecule has 106 valence electrons. The molecule has 0 radical (unpaired) electrons. The highest BCUT2D eigenvalue weighted by Crippen LogP contribution is 2.29. The molecule has 0 saturated heterocycles. The lowest BCUT2D eigenvalue weighted by Crippen LogP contribution is -2.09. The Morgan fingerprint density at radius 1 is 1.25 bits per heavy atom. The average Bonchev–Trinajstić information content (AvgIpc) is 2.70. The molecule has 1 aromatic heterocycles. The monoisotopic (exact) mass is 303 g/mol. The van der Waals surface area contributed by atoms with Crippen LogP contribution in [0, 0.1) is 0 Å². The van der Waals surface area contributed by atoms with Crippen molar-refractivity contribution in [3.05, 3.63) is 58.4 Å². The second kappa shape index (κ2) is 5.20. The number of carbonyl (C=O) groups is 1. The van der Waals surface area contributed by atoms with Gasteiger partial charge >= 0.3 is 12.1 Å². The van der Waals surface area contributed by atoms with Crippen LogP contribution in [-0.2, 0) is 12.7 Å². The predicted molar refractivity (Wildman–Crippen MR) is 66.9 cm³/mol. The lowest BCUT2D eigenvalue weighted by Gasteiger charge is -2.09. The van der Waals surface area contributed by atoms with Gasteiger partial charge < -0.3 is 9.67 Å². The summed E-state index contributed by atoms with van der Waals surface area (Å²) in [6.07, 6.45) is -2.97. The number of halogens is 4. The number of rotatable bonds is 3. The summed E-state index contributed by atoms with van der Waals surface area (Å²) in [5, 5.41) is 9.24. The van der Waals surface area contributed by atoms with Crippen molar-refractivity contribution in [3.63, 3.8) is 0 Å². The van der Waals surface area contributed by atoms with Crippen molar-refractivity contribution >= 4 is 17.6 Å². The Balaban J connectivity index is 2.25. The van der Waals surface area contributed by atoms with E-state index < -0.39 is 17.7 Å². The molecule has 0 atom stereocenters. The number of aromatic carboxylic acids is 1. The largest absolute Gasteiger partial charge is 0.477 e. The zero-order valence-electron chi connectivity index (χ0n) is 9.99. The summed E-state index contributed by atoms with van der Waals surface area (Å²) in [5.41, 5.74) is -0.215. The van der Waals surface area contributed by atoms with E-state index in [1.807, 2.05) is 0 Å². The molecule has 7 heteroatoms. The van der Waals surface area contributed by atoms with Gasteiger partial charge in [0, 0.05) is 12.7 Å². The summed E-state index contributed by atoms with van der Waals surface area (Å²) in [6.45, 7) is 0.131.